The topological polar surface area (TPSA) is 93.7 Å². The van der Waals surface area contributed by atoms with E-state index in [0.29, 0.717) is 0 Å². The normalized spacial score (nSPS) is 13.9. The molecule has 2 atom stereocenters. The Labute approximate surface area is 131 Å². The maximum absolute atomic E-state index is 12.1. The van der Waals surface area contributed by atoms with Gasteiger partial charge in [-0.05, 0) is 19.3 Å². The molecule has 0 aromatic carbocycles. The molecule has 2 N–H and O–H groups in total. The van der Waals surface area contributed by atoms with Crippen molar-refractivity contribution < 1.29 is 37.0 Å². The minimum absolute atomic E-state index is 0.0809. The third-order valence-corrected chi connectivity index (χ3v) is 2.60. The van der Waals surface area contributed by atoms with Crippen LogP contribution in [0, 0.1) is 5.92 Å². The number of hydrogen-bond donors (Lipinski definition) is 2. The van der Waals surface area contributed by atoms with Gasteiger partial charge >= 0.3 is 18.2 Å². The van der Waals surface area contributed by atoms with Crippen LogP contribution < -0.4 is 10.6 Å². The van der Waals surface area contributed by atoms with Crippen molar-refractivity contribution in [3.05, 3.63) is 0 Å². The molecule has 0 fully saturated rings. The third kappa shape index (κ3) is 9.59. The smallest absolute Gasteiger partial charge is 0.422 e. The molecule has 0 aromatic rings. The molecule has 0 aliphatic heterocycles. The van der Waals surface area contributed by atoms with Crippen LogP contribution in [0.3, 0.4) is 0 Å². The highest BCUT2D eigenvalue weighted by Gasteiger charge is 2.32. The average Bonchev–Trinajstić information content (AvgIpc) is 2.42. The van der Waals surface area contributed by atoms with Crippen LogP contribution >= 0.6 is 0 Å². The number of ether oxygens (including phenoxy) is 2. The lowest BCUT2D eigenvalue weighted by molar-refractivity contribution is -0.188. The lowest BCUT2D eigenvalue weighted by atomic mass is 10.0. The quantitative estimate of drug-likeness (QED) is 0.682. The zero-order chi connectivity index (χ0) is 18.2. The van der Waals surface area contributed by atoms with Crippen molar-refractivity contribution in [1.82, 2.24) is 10.6 Å². The molecule has 0 bridgehead atoms. The number of alkyl carbamates (subject to hydrolysis) is 1. The second kappa shape index (κ2) is 9.21. The molecule has 0 saturated heterocycles. The van der Waals surface area contributed by atoms with E-state index in [1.807, 2.05) is 0 Å². The Morgan fingerprint density at radius 2 is 1.65 bits per heavy atom. The van der Waals surface area contributed by atoms with Gasteiger partial charge in [-0.3, -0.25) is 4.79 Å². The Hall–Kier alpha value is -2.00. The highest BCUT2D eigenvalue weighted by molar-refractivity contribution is 5.89. The van der Waals surface area contributed by atoms with Crippen LogP contribution in [0.15, 0.2) is 0 Å². The van der Waals surface area contributed by atoms with Crippen LogP contribution in [0.2, 0.25) is 0 Å². The molecular weight excluding hydrogens is 321 g/mol. The zero-order valence-corrected chi connectivity index (χ0v) is 13.3. The summed E-state index contributed by atoms with van der Waals surface area (Å²) in [5.41, 5.74) is 0. The number of carbonyl (C=O) groups excluding carboxylic acids is 3. The van der Waals surface area contributed by atoms with Crippen LogP contribution in [-0.2, 0) is 19.1 Å². The van der Waals surface area contributed by atoms with E-state index in [-0.39, 0.29) is 12.3 Å². The minimum Gasteiger partial charge on any atom is -0.455 e. The monoisotopic (exact) mass is 342 g/mol. The number of carbonyl (C=O) groups is 3. The number of hydrogen-bond acceptors (Lipinski definition) is 5. The van der Waals surface area contributed by atoms with E-state index in [0.717, 1.165) is 7.11 Å². The molecule has 0 spiro atoms. The van der Waals surface area contributed by atoms with Crippen LogP contribution in [0.25, 0.3) is 0 Å². The third-order valence-electron chi connectivity index (χ3n) is 2.60. The van der Waals surface area contributed by atoms with Crippen molar-refractivity contribution in [2.24, 2.45) is 5.92 Å². The number of esters is 1. The summed E-state index contributed by atoms with van der Waals surface area (Å²) in [4.78, 5) is 34.6. The van der Waals surface area contributed by atoms with Crippen molar-refractivity contribution in [3.63, 3.8) is 0 Å². The van der Waals surface area contributed by atoms with Crippen molar-refractivity contribution in [3.8, 4) is 0 Å². The van der Waals surface area contributed by atoms with Crippen molar-refractivity contribution in [1.29, 1.82) is 0 Å². The van der Waals surface area contributed by atoms with Crippen molar-refractivity contribution in [2.45, 2.75) is 45.5 Å². The molecule has 2 amide bonds. The van der Waals surface area contributed by atoms with E-state index in [9.17, 15) is 27.6 Å². The average molecular weight is 342 g/mol. The first-order valence-electron chi connectivity index (χ1n) is 6.84. The number of rotatable bonds is 7. The van der Waals surface area contributed by atoms with Crippen molar-refractivity contribution in [2.75, 3.05) is 13.7 Å². The second-order valence-electron chi connectivity index (χ2n) is 5.27. The van der Waals surface area contributed by atoms with Gasteiger partial charge in [-0.1, -0.05) is 13.8 Å². The summed E-state index contributed by atoms with van der Waals surface area (Å²) in [5.74, 6) is -2.01. The molecule has 0 heterocycles. The van der Waals surface area contributed by atoms with Gasteiger partial charge in [-0.15, -0.1) is 0 Å². The number of nitrogens with one attached hydrogen (secondary N) is 2. The molecule has 134 valence electrons. The van der Waals surface area contributed by atoms with E-state index in [2.05, 4.69) is 20.1 Å². The van der Waals surface area contributed by atoms with Crippen molar-refractivity contribution >= 4 is 18.0 Å². The summed E-state index contributed by atoms with van der Waals surface area (Å²) in [6, 6.07) is -2.28. The summed E-state index contributed by atoms with van der Waals surface area (Å²) in [7, 11) is 1.11. The summed E-state index contributed by atoms with van der Waals surface area (Å²) in [6.45, 7) is 3.06. The van der Waals surface area contributed by atoms with Gasteiger partial charge in [-0.25, -0.2) is 9.59 Å². The Bertz CT molecular complexity index is 426. The van der Waals surface area contributed by atoms with Gasteiger partial charge in [0.15, 0.2) is 6.61 Å². The largest absolute Gasteiger partial charge is 0.455 e. The van der Waals surface area contributed by atoms with E-state index < -0.39 is 42.8 Å². The number of methoxy groups -OCH3 is 1. The van der Waals surface area contributed by atoms with Gasteiger partial charge < -0.3 is 20.1 Å². The molecule has 23 heavy (non-hydrogen) atoms. The standard InChI is InChI=1S/C13H21F3N2O5/c1-7(2)5-9(11(20)23-6-13(14,15)16)18-10(19)8(3)17-12(21)22-4/h7-9H,5-6H2,1-4H3,(H,17,21)(H,18,19). The van der Waals surface area contributed by atoms with Gasteiger partial charge in [0.1, 0.15) is 12.1 Å². The predicted molar refractivity (Wildman–Crippen MR) is 73.4 cm³/mol. The molecule has 7 nitrogen and oxygen atoms in total. The zero-order valence-electron chi connectivity index (χ0n) is 13.3. The molecule has 0 aromatic heterocycles. The van der Waals surface area contributed by atoms with Crippen LogP contribution in [-0.4, -0.2) is 49.9 Å². The molecule has 0 aliphatic carbocycles. The number of halogens is 3. The lowest BCUT2D eigenvalue weighted by Crippen LogP contribution is -2.51. The van der Waals surface area contributed by atoms with E-state index in [1.165, 1.54) is 6.92 Å². The Balaban J connectivity index is 4.74. The number of amides is 2. The first-order chi connectivity index (χ1) is 10.5. The highest BCUT2D eigenvalue weighted by atomic mass is 19.4. The Kier molecular flexibility index (Phi) is 8.41. The van der Waals surface area contributed by atoms with Gasteiger partial charge in [0.25, 0.3) is 0 Å². The Morgan fingerprint density at radius 1 is 1.09 bits per heavy atom. The first-order valence-corrected chi connectivity index (χ1v) is 6.84. The van der Waals surface area contributed by atoms with Crippen LogP contribution in [0.5, 0.6) is 0 Å². The van der Waals surface area contributed by atoms with Crippen LogP contribution in [0.1, 0.15) is 27.2 Å². The fourth-order valence-corrected chi connectivity index (χ4v) is 1.54. The van der Waals surface area contributed by atoms with Gasteiger partial charge in [0.2, 0.25) is 5.91 Å². The second-order valence-corrected chi connectivity index (χ2v) is 5.27. The lowest BCUT2D eigenvalue weighted by Gasteiger charge is -2.22. The van der Waals surface area contributed by atoms with E-state index in [4.69, 9.17) is 0 Å². The maximum Gasteiger partial charge on any atom is 0.422 e. The van der Waals surface area contributed by atoms with Gasteiger partial charge in [-0.2, -0.15) is 13.2 Å². The molecule has 10 heteroatoms. The minimum atomic E-state index is -4.65. The SMILES string of the molecule is COC(=O)NC(C)C(=O)NC(CC(C)C)C(=O)OCC(F)(F)F. The number of alkyl halides is 3. The molecular formula is C13H21F3N2O5. The molecule has 0 radical (unpaired) electrons. The summed E-state index contributed by atoms with van der Waals surface area (Å²) in [5, 5.41) is 4.44. The van der Waals surface area contributed by atoms with Gasteiger partial charge in [0.05, 0.1) is 7.11 Å². The molecule has 0 aliphatic rings. The maximum atomic E-state index is 12.1. The molecule has 0 saturated carbocycles. The fourth-order valence-electron chi connectivity index (χ4n) is 1.54. The molecule has 0 rings (SSSR count). The predicted octanol–water partition coefficient (Wildman–Crippen LogP) is 1.37. The van der Waals surface area contributed by atoms with Crippen LogP contribution in [0.4, 0.5) is 18.0 Å². The Morgan fingerprint density at radius 3 is 2.09 bits per heavy atom. The first kappa shape index (κ1) is 21.0. The summed E-state index contributed by atoms with van der Waals surface area (Å²) < 4.78 is 44.7. The summed E-state index contributed by atoms with van der Waals surface area (Å²) in [6.07, 6.45) is -5.41. The highest BCUT2D eigenvalue weighted by Crippen LogP contribution is 2.16. The van der Waals surface area contributed by atoms with E-state index >= 15 is 0 Å². The fraction of sp³-hybridized carbons (Fsp3) is 0.769. The van der Waals surface area contributed by atoms with Gasteiger partial charge in [0, 0.05) is 0 Å². The molecule has 2 unspecified atom stereocenters. The summed E-state index contributed by atoms with van der Waals surface area (Å²) >= 11 is 0. The van der Waals surface area contributed by atoms with E-state index in [1.54, 1.807) is 13.8 Å².